The Morgan fingerprint density at radius 3 is 2.85 bits per heavy atom. The van der Waals surface area contributed by atoms with Crippen LogP contribution >= 0.6 is 23.2 Å². The smallest absolute Gasteiger partial charge is 0.239 e. The molecular formula is C14H14Cl2N2O2. The summed E-state index contributed by atoms with van der Waals surface area (Å²) >= 11 is 12.0. The van der Waals surface area contributed by atoms with Gasteiger partial charge in [0.05, 0.1) is 6.54 Å². The average Bonchev–Trinajstić information content (AvgIpc) is 3.18. The van der Waals surface area contributed by atoms with Crippen LogP contribution in [0.25, 0.3) is 0 Å². The quantitative estimate of drug-likeness (QED) is 0.908. The van der Waals surface area contributed by atoms with Crippen LogP contribution in [0.2, 0.25) is 10.0 Å². The maximum atomic E-state index is 12.3. The summed E-state index contributed by atoms with van der Waals surface area (Å²) in [7, 11) is 0. The predicted molar refractivity (Wildman–Crippen MR) is 76.9 cm³/mol. The van der Waals surface area contributed by atoms with Crippen molar-refractivity contribution in [2.24, 2.45) is 5.92 Å². The Balaban J connectivity index is 1.69. The van der Waals surface area contributed by atoms with Crippen molar-refractivity contribution in [2.75, 3.05) is 19.6 Å². The molecule has 0 radical (unpaired) electrons. The maximum Gasteiger partial charge on any atom is 0.239 e. The van der Waals surface area contributed by atoms with E-state index in [1.807, 2.05) is 6.07 Å². The third-order valence-corrected chi connectivity index (χ3v) is 4.38. The van der Waals surface area contributed by atoms with E-state index in [0.29, 0.717) is 23.1 Å². The summed E-state index contributed by atoms with van der Waals surface area (Å²) in [4.78, 5) is 25.3. The van der Waals surface area contributed by atoms with E-state index in [9.17, 15) is 9.59 Å². The lowest BCUT2D eigenvalue weighted by Crippen LogP contribution is -2.50. The number of nitrogens with zero attached hydrogens (tertiary/aromatic N) is 1. The fourth-order valence-corrected chi connectivity index (χ4v) is 3.22. The van der Waals surface area contributed by atoms with Crippen molar-refractivity contribution in [2.45, 2.75) is 12.3 Å². The Kier molecular flexibility index (Phi) is 3.61. The lowest BCUT2D eigenvalue weighted by molar-refractivity contribution is -0.139. The highest BCUT2D eigenvalue weighted by molar-refractivity contribution is 6.35. The second-order valence-electron chi connectivity index (χ2n) is 5.22. The molecule has 20 heavy (non-hydrogen) atoms. The number of amides is 2. The van der Waals surface area contributed by atoms with Crippen molar-refractivity contribution in [1.29, 1.82) is 0 Å². The van der Waals surface area contributed by atoms with Gasteiger partial charge >= 0.3 is 0 Å². The Morgan fingerprint density at radius 1 is 1.35 bits per heavy atom. The molecule has 6 heteroatoms. The number of hydrogen-bond donors (Lipinski definition) is 1. The number of piperazine rings is 1. The first-order valence-corrected chi connectivity index (χ1v) is 7.32. The maximum absolute atomic E-state index is 12.3. The molecule has 1 saturated carbocycles. The minimum Gasteiger partial charge on any atom is -0.353 e. The van der Waals surface area contributed by atoms with Crippen LogP contribution in [-0.2, 0) is 9.59 Å². The fraction of sp³-hybridized carbons (Fsp3) is 0.429. The molecule has 0 aromatic heterocycles. The predicted octanol–water partition coefficient (Wildman–Crippen LogP) is 2.06. The first kappa shape index (κ1) is 13.7. The van der Waals surface area contributed by atoms with Gasteiger partial charge < -0.3 is 10.2 Å². The van der Waals surface area contributed by atoms with E-state index < -0.39 is 0 Å². The molecule has 1 aliphatic carbocycles. The summed E-state index contributed by atoms with van der Waals surface area (Å²) < 4.78 is 0. The summed E-state index contributed by atoms with van der Waals surface area (Å²) in [5.41, 5.74) is 0.968. The number of benzene rings is 1. The van der Waals surface area contributed by atoms with E-state index >= 15 is 0 Å². The number of carbonyl (C=O) groups excluding carboxylic acids is 2. The van der Waals surface area contributed by atoms with Crippen molar-refractivity contribution in [3.8, 4) is 0 Å². The SMILES string of the molecule is O=C1CN(C(=O)[C@@H]2C[C@H]2c2ccc(Cl)cc2Cl)CCN1. The highest BCUT2D eigenvalue weighted by Gasteiger charge is 2.47. The summed E-state index contributed by atoms with van der Waals surface area (Å²) in [6.07, 6.45) is 0.790. The zero-order valence-corrected chi connectivity index (χ0v) is 12.2. The molecule has 2 amide bonds. The first-order valence-electron chi connectivity index (χ1n) is 6.56. The molecule has 1 heterocycles. The largest absolute Gasteiger partial charge is 0.353 e. The molecule has 3 rings (SSSR count). The van der Waals surface area contributed by atoms with Gasteiger partial charge in [-0.2, -0.15) is 0 Å². The second kappa shape index (κ2) is 5.26. The monoisotopic (exact) mass is 312 g/mol. The van der Waals surface area contributed by atoms with Crippen LogP contribution in [-0.4, -0.2) is 36.3 Å². The van der Waals surface area contributed by atoms with Gasteiger partial charge in [-0.25, -0.2) is 0 Å². The minimum atomic E-state index is -0.0914. The molecule has 1 aromatic carbocycles. The third-order valence-electron chi connectivity index (χ3n) is 3.82. The highest BCUT2D eigenvalue weighted by atomic mass is 35.5. The van der Waals surface area contributed by atoms with Crippen LogP contribution in [0.15, 0.2) is 18.2 Å². The van der Waals surface area contributed by atoms with E-state index in [2.05, 4.69) is 5.32 Å². The molecule has 0 bridgehead atoms. The highest BCUT2D eigenvalue weighted by Crippen LogP contribution is 2.50. The molecule has 0 spiro atoms. The molecule has 0 unspecified atom stereocenters. The summed E-state index contributed by atoms with van der Waals surface area (Å²) in [6.45, 7) is 1.28. The number of hydrogen-bond acceptors (Lipinski definition) is 2. The zero-order valence-electron chi connectivity index (χ0n) is 10.7. The molecule has 2 fully saturated rings. The van der Waals surface area contributed by atoms with Gasteiger partial charge in [0.15, 0.2) is 0 Å². The first-order chi connectivity index (χ1) is 9.56. The van der Waals surface area contributed by atoms with Crippen LogP contribution < -0.4 is 5.32 Å². The normalized spacial score (nSPS) is 25.3. The molecular weight excluding hydrogens is 299 g/mol. The van der Waals surface area contributed by atoms with Crippen molar-refractivity contribution >= 4 is 35.0 Å². The molecule has 106 valence electrons. The van der Waals surface area contributed by atoms with Crippen LogP contribution in [0.3, 0.4) is 0 Å². The Labute approximate surface area is 127 Å². The molecule has 1 aliphatic heterocycles. The topological polar surface area (TPSA) is 49.4 Å². The Morgan fingerprint density at radius 2 is 2.15 bits per heavy atom. The molecule has 1 aromatic rings. The average molecular weight is 313 g/mol. The molecule has 1 N–H and O–H groups in total. The number of carbonyl (C=O) groups is 2. The summed E-state index contributed by atoms with van der Waals surface area (Å²) in [5.74, 6) is 0.0546. The standard InChI is InChI=1S/C14H14Cl2N2O2/c15-8-1-2-9(12(16)5-8)10-6-11(10)14(20)18-4-3-17-13(19)7-18/h1-2,5,10-11H,3-4,6-7H2,(H,17,19)/t10-,11+/m0/s1. The number of nitrogens with one attached hydrogen (secondary N) is 1. The van der Waals surface area contributed by atoms with Crippen LogP contribution in [0.4, 0.5) is 0 Å². The van der Waals surface area contributed by atoms with E-state index in [-0.39, 0.29) is 30.2 Å². The van der Waals surface area contributed by atoms with Gasteiger partial charge in [0.2, 0.25) is 11.8 Å². The molecule has 1 saturated heterocycles. The Hall–Kier alpha value is -1.26. The molecule has 2 aliphatic rings. The molecule has 4 nitrogen and oxygen atoms in total. The lowest BCUT2D eigenvalue weighted by Gasteiger charge is -2.26. The van der Waals surface area contributed by atoms with Crippen molar-refractivity contribution in [3.05, 3.63) is 33.8 Å². The number of rotatable bonds is 2. The van der Waals surface area contributed by atoms with Gasteiger partial charge in [-0.3, -0.25) is 9.59 Å². The Bertz CT molecular complexity index is 576. The van der Waals surface area contributed by atoms with Crippen LogP contribution in [0.5, 0.6) is 0 Å². The van der Waals surface area contributed by atoms with E-state index in [0.717, 1.165) is 12.0 Å². The van der Waals surface area contributed by atoms with Gasteiger partial charge in [0.25, 0.3) is 0 Å². The van der Waals surface area contributed by atoms with Crippen molar-refractivity contribution < 1.29 is 9.59 Å². The summed E-state index contributed by atoms with van der Waals surface area (Å²) in [6, 6.07) is 5.37. The summed E-state index contributed by atoms with van der Waals surface area (Å²) in [5, 5.41) is 3.91. The van der Waals surface area contributed by atoms with E-state index in [1.54, 1.807) is 17.0 Å². The second-order valence-corrected chi connectivity index (χ2v) is 6.07. The third kappa shape index (κ3) is 2.63. The van der Waals surface area contributed by atoms with Gasteiger partial charge in [0.1, 0.15) is 0 Å². The van der Waals surface area contributed by atoms with Crippen molar-refractivity contribution in [3.63, 3.8) is 0 Å². The van der Waals surface area contributed by atoms with Gasteiger partial charge in [-0.15, -0.1) is 0 Å². The van der Waals surface area contributed by atoms with Crippen LogP contribution in [0.1, 0.15) is 17.9 Å². The van der Waals surface area contributed by atoms with Gasteiger partial charge in [-0.05, 0) is 30.0 Å². The number of halogens is 2. The lowest BCUT2D eigenvalue weighted by atomic mass is 10.1. The fourth-order valence-electron chi connectivity index (χ4n) is 2.68. The van der Waals surface area contributed by atoms with Gasteiger partial charge in [0, 0.05) is 29.1 Å². The van der Waals surface area contributed by atoms with Crippen molar-refractivity contribution in [1.82, 2.24) is 10.2 Å². The van der Waals surface area contributed by atoms with Gasteiger partial charge in [-0.1, -0.05) is 29.3 Å². The van der Waals surface area contributed by atoms with E-state index in [4.69, 9.17) is 23.2 Å². The van der Waals surface area contributed by atoms with E-state index in [1.165, 1.54) is 0 Å². The zero-order chi connectivity index (χ0) is 14.3. The van der Waals surface area contributed by atoms with Crippen LogP contribution in [0, 0.1) is 5.92 Å². The molecule has 2 atom stereocenters. The minimum absolute atomic E-state index is 0.0517.